The SMILES string of the molecule is CCCCNC(=O)C1N(CCCCCO)C(=O)[C@@H]2[C@@H](C(=O)OCC)[C@@]3(C)CCC12S3. The van der Waals surface area contributed by atoms with Crippen LogP contribution in [-0.2, 0) is 19.1 Å². The number of carbonyl (C=O) groups is 3. The zero-order valence-corrected chi connectivity index (χ0v) is 19.3. The Morgan fingerprint density at radius 3 is 2.67 bits per heavy atom. The van der Waals surface area contributed by atoms with Crippen molar-refractivity contribution >= 4 is 29.5 Å². The van der Waals surface area contributed by atoms with Gasteiger partial charge in [0, 0.05) is 24.4 Å². The van der Waals surface area contributed by atoms with Crippen LogP contribution in [0.25, 0.3) is 0 Å². The molecule has 2 amide bonds. The van der Waals surface area contributed by atoms with Crippen molar-refractivity contribution in [2.75, 3.05) is 26.3 Å². The molecule has 2 unspecified atom stereocenters. The van der Waals surface area contributed by atoms with E-state index in [-0.39, 0.29) is 35.7 Å². The molecular weight excluding hydrogens is 404 g/mol. The summed E-state index contributed by atoms with van der Waals surface area (Å²) in [5, 5.41) is 12.1. The quantitative estimate of drug-likeness (QED) is 0.377. The molecule has 2 bridgehead atoms. The first-order chi connectivity index (χ1) is 14.4. The van der Waals surface area contributed by atoms with Crippen molar-refractivity contribution in [3.8, 4) is 0 Å². The Morgan fingerprint density at radius 1 is 1.23 bits per heavy atom. The van der Waals surface area contributed by atoms with Crippen molar-refractivity contribution in [1.29, 1.82) is 0 Å². The maximum Gasteiger partial charge on any atom is 0.311 e. The molecule has 3 aliphatic heterocycles. The minimum Gasteiger partial charge on any atom is -0.466 e. The highest BCUT2D eigenvalue weighted by atomic mass is 32.2. The number of aliphatic hydroxyl groups is 1. The van der Waals surface area contributed by atoms with Crippen LogP contribution in [0.1, 0.15) is 65.7 Å². The summed E-state index contributed by atoms with van der Waals surface area (Å²) < 4.78 is 4.45. The van der Waals surface area contributed by atoms with E-state index in [4.69, 9.17) is 9.84 Å². The number of esters is 1. The summed E-state index contributed by atoms with van der Waals surface area (Å²) in [4.78, 5) is 41.6. The maximum atomic E-state index is 13.6. The first-order valence-electron chi connectivity index (χ1n) is 11.4. The van der Waals surface area contributed by atoms with Crippen LogP contribution in [0.5, 0.6) is 0 Å². The molecule has 3 aliphatic rings. The standard InChI is InChI=1S/C22H36N2O5S/c1-4-6-12-23-18(26)17-22-11-10-21(3,30-22)16(20(28)29-5-2)15(22)19(27)24(17)13-8-7-9-14-25/h15-17,25H,4-14H2,1-3H3,(H,23,26)/t15-,16-,17?,21+,22?/m0/s1. The summed E-state index contributed by atoms with van der Waals surface area (Å²) in [5.41, 5.74) is 0. The average molecular weight is 441 g/mol. The number of hydrogen-bond donors (Lipinski definition) is 2. The van der Waals surface area contributed by atoms with Gasteiger partial charge in [-0.1, -0.05) is 13.3 Å². The van der Waals surface area contributed by atoms with Crippen LogP contribution in [0, 0.1) is 11.8 Å². The number of ether oxygens (including phenoxy) is 1. The van der Waals surface area contributed by atoms with E-state index in [0.717, 1.165) is 38.5 Å². The molecule has 1 spiro atoms. The Bertz CT molecular complexity index is 674. The highest BCUT2D eigenvalue weighted by Gasteiger charge is 2.77. The molecule has 8 heteroatoms. The predicted molar refractivity (Wildman–Crippen MR) is 116 cm³/mol. The van der Waals surface area contributed by atoms with Gasteiger partial charge in [-0.2, -0.15) is 0 Å². The molecule has 0 aromatic carbocycles. The van der Waals surface area contributed by atoms with Crippen LogP contribution in [0.2, 0.25) is 0 Å². The lowest BCUT2D eigenvalue weighted by atomic mass is 9.66. The van der Waals surface area contributed by atoms with Crippen LogP contribution in [0.4, 0.5) is 0 Å². The number of likely N-dealkylation sites (tertiary alicyclic amines) is 1. The highest BCUT2D eigenvalue weighted by Crippen LogP contribution is 2.71. The van der Waals surface area contributed by atoms with Gasteiger partial charge < -0.3 is 20.1 Å². The molecular formula is C22H36N2O5S. The van der Waals surface area contributed by atoms with E-state index in [1.807, 2.05) is 0 Å². The third-order valence-electron chi connectivity index (χ3n) is 6.95. The van der Waals surface area contributed by atoms with Gasteiger partial charge in [-0.05, 0) is 52.4 Å². The molecule has 0 aromatic rings. The number of hydrogen-bond acceptors (Lipinski definition) is 6. The number of carbonyl (C=O) groups excluding carboxylic acids is 3. The third-order valence-corrected chi connectivity index (χ3v) is 8.94. The van der Waals surface area contributed by atoms with E-state index < -0.39 is 22.6 Å². The summed E-state index contributed by atoms with van der Waals surface area (Å²) in [5.74, 6) is -1.48. The fourth-order valence-corrected chi connectivity index (χ4v) is 7.96. The first kappa shape index (κ1) is 23.4. The van der Waals surface area contributed by atoms with E-state index in [1.54, 1.807) is 23.6 Å². The van der Waals surface area contributed by atoms with Crippen LogP contribution in [0.3, 0.4) is 0 Å². The fraction of sp³-hybridized carbons (Fsp3) is 0.864. The van der Waals surface area contributed by atoms with E-state index in [1.165, 1.54) is 0 Å². The molecule has 170 valence electrons. The fourth-order valence-electron chi connectivity index (χ4n) is 5.61. The maximum absolute atomic E-state index is 13.6. The second kappa shape index (κ2) is 9.47. The van der Waals surface area contributed by atoms with Gasteiger partial charge in [0.15, 0.2) is 0 Å². The molecule has 3 heterocycles. The molecule has 5 atom stereocenters. The summed E-state index contributed by atoms with van der Waals surface area (Å²) >= 11 is 1.68. The normalized spacial score (nSPS) is 34.3. The molecule has 3 fully saturated rings. The van der Waals surface area contributed by atoms with Crippen molar-refractivity contribution in [2.24, 2.45) is 11.8 Å². The van der Waals surface area contributed by atoms with Gasteiger partial charge in [0.05, 0.1) is 23.2 Å². The summed E-state index contributed by atoms with van der Waals surface area (Å²) in [6.07, 6.45) is 5.67. The highest BCUT2D eigenvalue weighted by molar-refractivity contribution is 8.02. The number of fused-ring (bicyclic) bond motifs is 1. The molecule has 0 radical (unpaired) electrons. The Hall–Kier alpha value is -1.28. The van der Waals surface area contributed by atoms with Gasteiger partial charge in [0.2, 0.25) is 11.8 Å². The van der Waals surface area contributed by atoms with E-state index >= 15 is 0 Å². The number of amides is 2. The number of nitrogens with zero attached hydrogens (tertiary/aromatic N) is 1. The average Bonchev–Trinajstić information content (AvgIpc) is 3.27. The summed E-state index contributed by atoms with van der Waals surface area (Å²) in [7, 11) is 0. The van der Waals surface area contributed by atoms with Crippen molar-refractivity contribution in [1.82, 2.24) is 10.2 Å². The molecule has 30 heavy (non-hydrogen) atoms. The molecule has 2 N–H and O–H groups in total. The third kappa shape index (κ3) is 3.85. The monoisotopic (exact) mass is 440 g/mol. The van der Waals surface area contributed by atoms with Crippen LogP contribution >= 0.6 is 11.8 Å². The molecule has 3 rings (SSSR count). The van der Waals surface area contributed by atoms with Gasteiger partial charge in [-0.25, -0.2) is 0 Å². The van der Waals surface area contributed by atoms with Gasteiger partial charge in [-0.15, -0.1) is 11.8 Å². The Balaban J connectivity index is 1.90. The second-order valence-electron chi connectivity index (χ2n) is 8.94. The van der Waals surface area contributed by atoms with Crippen molar-refractivity contribution < 1.29 is 24.2 Å². The van der Waals surface area contributed by atoms with Crippen molar-refractivity contribution in [2.45, 2.75) is 81.3 Å². The van der Waals surface area contributed by atoms with Crippen LogP contribution in [-0.4, -0.2) is 69.6 Å². The first-order valence-corrected chi connectivity index (χ1v) is 12.2. The number of aliphatic hydroxyl groups excluding tert-OH is 1. The largest absolute Gasteiger partial charge is 0.466 e. The number of rotatable bonds is 11. The Kier molecular flexibility index (Phi) is 7.38. The Morgan fingerprint density at radius 2 is 2.00 bits per heavy atom. The zero-order valence-electron chi connectivity index (χ0n) is 18.4. The summed E-state index contributed by atoms with van der Waals surface area (Å²) in [6, 6.07) is -0.549. The van der Waals surface area contributed by atoms with Crippen LogP contribution in [0.15, 0.2) is 0 Å². The molecule has 3 saturated heterocycles. The Labute approximate surface area is 183 Å². The molecule has 0 aliphatic carbocycles. The van der Waals surface area contributed by atoms with Crippen molar-refractivity contribution in [3.05, 3.63) is 0 Å². The second-order valence-corrected chi connectivity index (χ2v) is 10.8. The van der Waals surface area contributed by atoms with E-state index in [9.17, 15) is 14.4 Å². The number of thioether (sulfide) groups is 1. The van der Waals surface area contributed by atoms with Gasteiger partial charge in [0.1, 0.15) is 6.04 Å². The smallest absolute Gasteiger partial charge is 0.311 e. The van der Waals surface area contributed by atoms with Gasteiger partial charge in [-0.3, -0.25) is 14.4 Å². The zero-order chi connectivity index (χ0) is 21.9. The minimum absolute atomic E-state index is 0.0800. The molecule has 0 saturated carbocycles. The number of unbranched alkanes of at least 4 members (excludes halogenated alkanes) is 3. The minimum atomic E-state index is -0.559. The predicted octanol–water partition coefficient (Wildman–Crippen LogP) is 2.11. The van der Waals surface area contributed by atoms with Crippen molar-refractivity contribution in [3.63, 3.8) is 0 Å². The lowest BCUT2D eigenvalue weighted by molar-refractivity contribution is -0.155. The lowest BCUT2D eigenvalue weighted by Crippen LogP contribution is -2.53. The van der Waals surface area contributed by atoms with E-state index in [0.29, 0.717) is 19.5 Å². The molecule has 0 aromatic heterocycles. The lowest BCUT2D eigenvalue weighted by Gasteiger charge is -2.34. The van der Waals surface area contributed by atoms with Crippen LogP contribution < -0.4 is 5.32 Å². The van der Waals surface area contributed by atoms with Gasteiger partial charge >= 0.3 is 5.97 Å². The topological polar surface area (TPSA) is 95.9 Å². The number of nitrogens with one attached hydrogen (secondary N) is 1. The molecule has 7 nitrogen and oxygen atoms in total. The van der Waals surface area contributed by atoms with Gasteiger partial charge in [0.25, 0.3) is 0 Å². The summed E-state index contributed by atoms with van der Waals surface area (Å²) in [6.45, 7) is 7.41. The van der Waals surface area contributed by atoms with E-state index in [2.05, 4.69) is 19.2 Å².